The fourth-order valence-electron chi connectivity index (χ4n) is 5.14. The van der Waals surface area contributed by atoms with Gasteiger partial charge in [0.25, 0.3) is 5.91 Å². The second-order valence-corrected chi connectivity index (χ2v) is 11.1. The molecular weight excluding hydrogens is 520 g/mol. The number of carbonyl (C=O) groups excluding carboxylic acids is 2. The number of anilines is 1. The minimum absolute atomic E-state index is 0.0568. The highest BCUT2D eigenvalue weighted by Gasteiger charge is 2.24. The fourth-order valence-corrected chi connectivity index (χ4v) is 6.38. The number of carbonyl (C=O) groups is 2. The molecule has 0 unspecified atom stereocenters. The number of benzene rings is 4. The van der Waals surface area contributed by atoms with Crippen molar-refractivity contribution < 1.29 is 19.8 Å². The number of nitrogens with zero attached hydrogens (tertiary/aromatic N) is 2. The van der Waals surface area contributed by atoms with Gasteiger partial charge in [0.15, 0.2) is 5.78 Å². The predicted molar refractivity (Wildman–Crippen MR) is 160 cm³/mol. The molecule has 1 aliphatic heterocycles. The Morgan fingerprint density at radius 1 is 0.725 bits per heavy atom. The quantitative estimate of drug-likeness (QED) is 0.246. The van der Waals surface area contributed by atoms with E-state index in [0.29, 0.717) is 42.9 Å². The molecule has 2 heterocycles. The minimum Gasteiger partial charge on any atom is -0.508 e. The molecule has 0 aliphatic carbocycles. The molecule has 1 aromatic heterocycles. The Labute approximate surface area is 236 Å². The number of aromatic hydroxyl groups is 2. The topological polar surface area (TPSA) is 81.1 Å². The molecule has 5 aromatic rings. The number of piperazine rings is 1. The summed E-state index contributed by atoms with van der Waals surface area (Å²) in [6.45, 7) is 4.71. The van der Waals surface area contributed by atoms with Gasteiger partial charge in [-0.2, -0.15) is 0 Å². The zero-order valence-electron chi connectivity index (χ0n) is 22.0. The third kappa shape index (κ3) is 4.92. The number of hydrogen-bond acceptors (Lipinski definition) is 6. The summed E-state index contributed by atoms with van der Waals surface area (Å²) in [6.07, 6.45) is 0. The third-order valence-electron chi connectivity index (χ3n) is 7.39. The highest BCUT2D eigenvalue weighted by Crippen LogP contribution is 2.41. The van der Waals surface area contributed by atoms with Crippen LogP contribution in [-0.4, -0.2) is 53.0 Å². The van der Waals surface area contributed by atoms with Gasteiger partial charge in [-0.15, -0.1) is 11.3 Å². The summed E-state index contributed by atoms with van der Waals surface area (Å²) in [6, 6.07) is 27.2. The maximum absolute atomic E-state index is 13.9. The molecule has 1 amide bonds. The van der Waals surface area contributed by atoms with E-state index in [4.69, 9.17) is 0 Å². The van der Waals surface area contributed by atoms with Gasteiger partial charge in [-0.05, 0) is 91.3 Å². The molecule has 0 bridgehead atoms. The van der Waals surface area contributed by atoms with Crippen LogP contribution in [0, 0.1) is 6.92 Å². The van der Waals surface area contributed by atoms with Crippen molar-refractivity contribution in [3.05, 3.63) is 113 Å². The molecule has 1 aliphatic rings. The van der Waals surface area contributed by atoms with Crippen LogP contribution in [0.4, 0.5) is 5.69 Å². The second-order valence-electron chi connectivity index (χ2n) is 10.1. The van der Waals surface area contributed by atoms with Crippen molar-refractivity contribution in [1.82, 2.24) is 4.90 Å². The van der Waals surface area contributed by atoms with Crippen molar-refractivity contribution >= 4 is 38.8 Å². The molecule has 2 N–H and O–H groups in total. The molecule has 0 saturated carbocycles. The molecule has 1 fully saturated rings. The van der Waals surface area contributed by atoms with Gasteiger partial charge in [0, 0.05) is 63.5 Å². The maximum Gasteiger partial charge on any atom is 0.253 e. The van der Waals surface area contributed by atoms with Crippen LogP contribution in [0.1, 0.15) is 31.8 Å². The van der Waals surface area contributed by atoms with Crippen molar-refractivity contribution in [2.24, 2.45) is 0 Å². The molecule has 7 heteroatoms. The van der Waals surface area contributed by atoms with E-state index < -0.39 is 0 Å². The fraction of sp³-hybridized carbons (Fsp3) is 0.152. The van der Waals surface area contributed by atoms with Crippen LogP contribution in [0.5, 0.6) is 11.5 Å². The molecule has 0 atom stereocenters. The Morgan fingerprint density at radius 2 is 1.35 bits per heavy atom. The third-order valence-corrected chi connectivity index (χ3v) is 8.59. The Balaban J connectivity index is 1.22. The summed E-state index contributed by atoms with van der Waals surface area (Å²) >= 11 is 1.44. The van der Waals surface area contributed by atoms with E-state index in [9.17, 15) is 19.8 Å². The first-order chi connectivity index (χ1) is 19.4. The number of rotatable bonds is 5. The standard InChI is InChI=1S/C33H28N2O4S/c1-21-2-4-24(5-3-21)33(39)35-18-16-34(17-19-35)25-10-6-22(7-11-25)31(38)30-28-15-14-27(37)20-29(28)40-32(30)23-8-12-26(36)13-9-23/h2-15,20,36-37H,16-19H2,1H3. The molecule has 6 rings (SSSR count). The van der Waals surface area contributed by atoms with E-state index in [1.54, 1.807) is 42.5 Å². The van der Waals surface area contributed by atoms with Gasteiger partial charge in [-0.3, -0.25) is 9.59 Å². The Bertz CT molecular complexity index is 1700. The van der Waals surface area contributed by atoms with Crippen LogP contribution in [0.2, 0.25) is 0 Å². The smallest absolute Gasteiger partial charge is 0.253 e. The second kappa shape index (κ2) is 10.5. The minimum atomic E-state index is -0.0971. The lowest BCUT2D eigenvalue weighted by molar-refractivity contribution is 0.0746. The largest absolute Gasteiger partial charge is 0.508 e. The van der Waals surface area contributed by atoms with Crippen molar-refractivity contribution in [2.75, 3.05) is 31.1 Å². The van der Waals surface area contributed by atoms with Gasteiger partial charge in [0.05, 0.1) is 0 Å². The molecule has 6 nitrogen and oxygen atoms in total. The van der Waals surface area contributed by atoms with Gasteiger partial charge in [-0.25, -0.2) is 0 Å². The summed E-state index contributed by atoms with van der Waals surface area (Å²) in [7, 11) is 0. The zero-order valence-corrected chi connectivity index (χ0v) is 22.8. The summed E-state index contributed by atoms with van der Waals surface area (Å²) in [5, 5.41) is 20.6. The number of aryl methyl sites for hydroxylation is 1. The molecule has 1 saturated heterocycles. The molecular formula is C33H28N2O4S. The number of fused-ring (bicyclic) bond motifs is 1. The van der Waals surface area contributed by atoms with Crippen molar-refractivity contribution in [2.45, 2.75) is 6.92 Å². The number of hydrogen-bond donors (Lipinski definition) is 2. The summed E-state index contributed by atoms with van der Waals surface area (Å²) in [5.74, 6) is 0.266. The average molecular weight is 549 g/mol. The van der Waals surface area contributed by atoms with E-state index in [-0.39, 0.29) is 23.2 Å². The van der Waals surface area contributed by atoms with E-state index in [1.807, 2.05) is 60.4 Å². The van der Waals surface area contributed by atoms with Crippen LogP contribution in [0.25, 0.3) is 20.5 Å². The molecule has 4 aromatic carbocycles. The normalized spacial score (nSPS) is 13.5. The zero-order chi connectivity index (χ0) is 27.8. The highest BCUT2D eigenvalue weighted by atomic mass is 32.1. The van der Waals surface area contributed by atoms with Gasteiger partial charge < -0.3 is 20.0 Å². The first-order valence-corrected chi connectivity index (χ1v) is 14.0. The van der Waals surface area contributed by atoms with Crippen molar-refractivity contribution in [1.29, 1.82) is 0 Å². The van der Waals surface area contributed by atoms with E-state index in [1.165, 1.54) is 11.3 Å². The molecule has 200 valence electrons. The maximum atomic E-state index is 13.9. The first kappa shape index (κ1) is 25.6. The van der Waals surface area contributed by atoms with E-state index in [0.717, 1.165) is 31.8 Å². The first-order valence-electron chi connectivity index (χ1n) is 13.2. The SMILES string of the molecule is Cc1ccc(C(=O)N2CCN(c3ccc(C(=O)c4c(-c5ccc(O)cc5)sc5cc(O)ccc45)cc3)CC2)cc1. The van der Waals surface area contributed by atoms with E-state index >= 15 is 0 Å². The van der Waals surface area contributed by atoms with Gasteiger partial charge in [0.1, 0.15) is 11.5 Å². The van der Waals surface area contributed by atoms with Crippen LogP contribution in [0.3, 0.4) is 0 Å². The molecule has 40 heavy (non-hydrogen) atoms. The Morgan fingerprint density at radius 3 is 2.02 bits per heavy atom. The van der Waals surface area contributed by atoms with E-state index in [2.05, 4.69) is 4.90 Å². The highest BCUT2D eigenvalue weighted by molar-refractivity contribution is 7.22. The van der Waals surface area contributed by atoms with Crippen LogP contribution in [0.15, 0.2) is 91.0 Å². The summed E-state index contributed by atoms with van der Waals surface area (Å²) in [5.41, 5.74) is 4.84. The van der Waals surface area contributed by atoms with Gasteiger partial charge >= 0.3 is 0 Å². The lowest BCUT2D eigenvalue weighted by Crippen LogP contribution is -2.48. The van der Waals surface area contributed by atoms with Crippen LogP contribution in [-0.2, 0) is 0 Å². The van der Waals surface area contributed by atoms with Gasteiger partial charge in [0.2, 0.25) is 0 Å². The summed E-state index contributed by atoms with van der Waals surface area (Å²) < 4.78 is 0.820. The average Bonchev–Trinajstić information content (AvgIpc) is 3.36. The van der Waals surface area contributed by atoms with Gasteiger partial charge in [-0.1, -0.05) is 17.7 Å². The lowest BCUT2D eigenvalue weighted by atomic mass is 9.97. The lowest BCUT2D eigenvalue weighted by Gasteiger charge is -2.36. The monoisotopic (exact) mass is 548 g/mol. The number of ketones is 1. The number of thiophene rings is 1. The predicted octanol–water partition coefficient (Wildman–Crippen LogP) is 6.48. The van der Waals surface area contributed by atoms with Crippen LogP contribution >= 0.6 is 11.3 Å². The van der Waals surface area contributed by atoms with Crippen molar-refractivity contribution in [3.8, 4) is 21.9 Å². The Kier molecular flexibility index (Phi) is 6.74. The molecule has 0 radical (unpaired) electrons. The summed E-state index contributed by atoms with van der Waals surface area (Å²) in [4.78, 5) is 31.7. The number of amides is 1. The molecule has 0 spiro atoms. The Hall–Kier alpha value is -4.62. The number of phenolic OH excluding ortho intramolecular Hbond substituents is 2. The number of phenols is 2. The van der Waals surface area contributed by atoms with Crippen LogP contribution < -0.4 is 4.90 Å². The van der Waals surface area contributed by atoms with Crippen molar-refractivity contribution in [3.63, 3.8) is 0 Å².